The Morgan fingerprint density at radius 2 is 1.09 bits per heavy atom. The van der Waals surface area contributed by atoms with Gasteiger partial charge in [-0.3, -0.25) is 14.4 Å². The maximum absolute atomic E-state index is 12.7. The molecule has 1 unspecified atom stereocenters. The largest absolute Gasteiger partial charge is 0.463 e. The molecular formula is C30H42O13. The van der Waals surface area contributed by atoms with E-state index in [-0.39, 0.29) is 52.1 Å². The molecule has 1 saturated heterocycles. The molecule has 1 aliphatic rings. The number of hydrogen-bond acceptors (Lipinski definition) is 13. The summed E-state index contributed by atoms with van der Waals surface area (Å²) in [5, 5.41) is 0. The van der Waals surface area contributed by atoms with E-state index in [0.29, 0.717) is 38.5 Å². The molecule has 13 heteroatoms. The number of carbonyl (C=O) groups excluding carboxylic acids is 6. The minimum Gasteiger partial charge on any atom is -0.463 e. The second-order valence-corrected chi connectivity index (χ2v) is 9.71. The van der Waals surface area contributed by atoms with E-state index in [1.54, 1.807) is 6.92 Å². The van der Waals surface area contributed by atoms with Crippen molar-refractivity contribution < 1.29 is 61.9 Å². The van der Waals surface area contributed by atoms with E-state index in [1.165, 1.54) is 0 Å². The summed E-state index contributed by atoms with van der Waals surface area (Å²) in [5.41, 5.74) is -1.37. The summed E-state index contributed by atoms with van der Waals surface area (Å²) in [6.45, 7) is 11.7. The Morgan fingerprint density at radius 3 is 1.53 bits per heavy atom. The zero-order valence-corrected chi connectivity index (χ0v) is 24.7. The highest BCUT2D eigenvalue weighted by atomic mass is 16.7. The maximum atomic E-state index is 12.7. The molecular weight excluding hydrogens is 568 g/mol. The highest BCUT2D eigenvalue weighted by Crippen LogP contribution is 2.33. The van der Waals surface area contributed by atoms with Gasteiger partial charge in [0.15, 0.2) is 11.7 Å². The molecule has 1 aliphatic heterocycles. The van der Waals surface area contributed by atoms with Crippen molar-refractivity contribution in [3.63, 3.8) is 0 Å². The minimum atomic E-state index is -1.37. The van der Waals surface area contributed by atoms with Gasteiger partial charge in [0, 0.05) is 37.5 Å². The van der Waals surface area contributed by atoms with Crippen LogP contribution in [0.5, 0.6) is 0 Å². The molecule has 0 radical (unpaired) electrons. The molecule has 0 aromatic carbocycles. The van der Waals surface area contributed by atoms with Crippen LogP contribution in [-0.2, 0) is 61.9 Å². The second-order valence-electron chi connectivity index (χ2n) is 9.71. The van der Waals surface area contributed by atoms with Gasteiger partial charge < -0.3 is 33.2 Å². The molecule has 1 fully saturated rings. The summed E-state index contributed by atoms with van der Waals surface area (Å²) in [7, 11) is 0. The number of unbranched alkanes of at least 4 members (excludes halogenated alkanes) is 3. The second kappa shape index (κ2) is 20.8. The monoisotopic (exact) mass is 610 g/mol. The van der Waals surface area contributed by atoms with Crippen molar-refractivity contribution in [2.24, 2.45) is 0 Å². The Kier molecular flexibility index (Phi) is 17.9. The first-order chi connectivity index (χ1) is 20.5. The molecule has 0 saturated carbocycles. The molecule has 0 amide bonds. The standard InChI is InChI=1S/C30H42O13/c1-5-23(31)37-17-11-8-14-26(34)41-22-21-40-29(42-27(35)15-9-12-18-38-24(32)6-2)20-30(22,4)43-28(36)16-10-13-19-39-25(33)7-3/h5-7,22,29H,1-3,8-21H2,4H3/t22-,29?,30-/m1/s1. The Hall–Kier alpha value is -4.00. The zero-order valence-electron chi connectivity index (χ0n) is 24.7. The zero-order chi connectivity index (χ0) is 32.1. The number of esters is 6. The fourth-order valence-corrected chi connectivity index (χ4v) is 3.78. The molecule has 3 atom stereocenters. The van der Waals surface area contributed by atoms with Crippen LogP contribution in [-0.4, -0.2) is 80.2 Å². The molecule has 0 bridgehead atoms. The van der Waals surface area contributed by atoms with E-state index < -0.39 is 53.8 Å². The quantitative estimate of drug-likeness (QED) is 0.0805. The molecule has 0 aliphatic carbocycles. The molecule has 1 heterocycles. The third-order valence-electron chi connectivity index (χ3n) is 6.13. The van der Waals surface area contributed by atoms with Crippen molar-refractivity contribution in [1.82, 2.24) is 0 Å². The predicted molar refractivity (Wildman–Crippen MR) is 150 cm³/mol. The lowest BCUT2D eigenvalue weighted by atomic mass is 9.92. The van der Waals surface area contributed by atoms with E-state index >= 15 is 0 Å². The van der Waals surface area contributed by atoms with E-state index in [1.807, 2.05) is 0 Å². The third-order valence-corrected chi connectivity index (χ3v) is 6.13. The lowest BCUT2D eigenvalue weighted by Crippen LogP contribution is -2.55. The van der Waals surface area contributed by atoms with Crippen molar-refractivity contribution in [2.45, 2.75) is 89.1 Å². The number of ether oxygens (including phenoxy) is 7. The average Bonchev–Trinajstić information content (AvgIpc) is 2.97. The number of carbonyl (C=O) groups is 6. The molecule has 0 aromatic rings. The first-order valence-corrected chi connectivity index (χ1v) is 14.1. The van der Waals surface area contributed by atoms with Gasteiger partial charge in [-0.25, -0.2) is 14.4 Å². The van der Waals surface area contributed by atoms with Gasteiger partial charge >= 0.3 is 35.8 Å². The average molecular weight is 611 g/mol. The highest BCUT2D eigenvalue weighted by Gasteiger charge is 2.48. The van der Waals surface area contributed by atoms with Gasteiger partial charge in [0.25, 0.3) is 0 Å². The van der Waals surface area contributed by atoms with Crippen LogP contribution in [0.25, 0.3) is 0 Å². The fourth-order valence-electron chi connectivity index (χ4n) is 3.78. The van der Waals surface area contributed by atoms with Gasteiger partial charge in [-0.2, -0.15) is 0 Å². The summed E-state index contributed by atoms with van der Waals surface area (Å²) >= 11 is 0. The molecule has 1 rings (SSSR count). The number of hydrogen-bond donors (Lipinski definition) is 0. The molecule has 0 aromatic heterocycles. The van der Waals surface area contributed by atoms with Crippen LogP contribution >= 0.6 is 0 Å². The van der Waals surface area contributed by atoms with E-state index in [9.17, 15) is 28.8 Å². The summed E-state index contributed by atoms with van der Waals surface area (Å²) < 4.78 is 37.0. The molecule has 13 nitrogen and oxygen atoms in total. The van der Waals surface area contributed by atoms with E-state index in [4.69, 9.17) is 33.2 Å². The maximum Gasteiger partial charge on any atom is 0.330 e. The lowest BCUT2D eigenvalue weighted by Gasteiger charge is -2.42. The number of rotatable bonds is 21. The highest BCUT2D eigenvalue weighted by molar-refractivity contribution is 5.81. The van der Waals surface area contributed by atoms with Crippen LogP contribution in [0.2, 0.25) is 0 Å². The molecule has 43 heavy (non-hydrogen) atoms. The van der Waals surface area contributed by atoms with Crippen LogP contribution < -0.4 is 0 Å². The van der Waals surface area contributed by atoms with Crippen molar-refractivity contribution in [3.8, 4) is 0 Å². The van der Waals surface area contributed by atoms with Gasteiger partial charge in [-0.1, -0.05) is 19.7 Å². The van der Waals surface area contributed by atoms with E-state index in [2.05, 4.69) is 19.7 Å². The normalized spacial score (nSPS) is 19.2. The van der Waals surface area contributed by atoms with Crippen molar-refractivity contribution in [2.75, 3.05) is 26.4 Å². The fraction of sp³-hybridized carbons (Fsp3) is 0.600. The van der Waals surface area contributed by atoms with Gasteiger partial charge in [-0.15, -0.1) is 0 Å². The van der Waals surface area contributed by atoms with Crippen LogP contribution in [0.3, 0.4) is 0 Å². The van der Waals surface area contributed by atoms with Crippen LogP contribution in [0, 0.1) is 0 Å². The lowest BCUT2D eigenvalue weighted by molar-refractivity contribution is -0.254. The first-order valence-electron chi connectivity index (χ1n) is 14.1. The molecule has 0 spiro atoms. The smallest absolute Gasteiger partial charge is 0.330 e. The van der Waals surface area contributed by atoms with Crippen LogP contribution in [0.15, 0.2) is 38.0 Å². The van der Waals surface area contributed by atoms with Gasteiger partial charge in [0.05, 0.1) is 32.8 Å². The van der Waals surface area contributed by atoms with Crippen molar-refractivity contribution in [1.29, 1.82) is 0 Å². The Morgan fingerprint density at radius 1 is 0.674 bits per heavy atom. The molecule has 240 valence electrons. The van der Waals surface area contributed by atoms with Crippen LogP contribution in [0.4, 0.5) is 0 Å². The van der Waals surface area contributed by atoms with Crippen molar-refractivity contribution >= 4 is 35.8 Å². The van der Waals surface area contributed by atoms with Crippen molar-refractivity contribution in [3.05, 3.63) is 38.0 Å². The first kappa shape index (κ1) is 37.0. The van der Waals surface area contributed by atoms with Gasteiger partial charge in [0.2, 0.25) is 6.29 Å². The summed E-state index contributed by atoms with van der Waals surface area (Å²) in [6, 6.07) is 0. The van der Waals surface area contributed by atoms with Gasteiger partial charge in [-0.05, 0) is 45.4 Å². The topological polar surface area (TPSA) is 167 Å². The Labute approximate surface area is 251 Å². The Bertz CT molecular complexity index is 989. The Balaban J connectivity index is 2.68. The SMILES string of the molecule is C=CC(=O)OCCCCC(=O)OC1C[C@@](C)(OC(=O)CCCCOC(=O)C=C)[C@H](OC(=O)CCCCOC(=O)C=C)CO1. The minimum absolute atomic E-state index is 0.00701. The predicted octanol–water partition coefficient (Wildman–Crippen LogP) is 3.19. The van der Waals surface area contributed by atoms with Gasteiger partial charge in [0.1, 0.15) is 0 Å². The third kappa shape index (κ3) is 16.3. The summed E-state index contributed by atoms with van der Waals surface area (Å²) in [4.78, 5) is 70.9. The summed E-state index contributed by atoms with van der Waals surface area (Å²) in [5.74, 6) is -3.37. The summed E-state index contributed by atoms with van der Waals surface area (Å²) in [6.07, 6.45) is 3.53. The van der Waals surface area contributed by atoms with Crippen LogP contribution in [0.1, 0.15) is 71.1 Å². The van der Waals surface area contributed by atoms with E-state index in [0.717, 1.165) is 18.2 Å². The molecule has 0 N–H and O–H groups in total.